The minimum Gasteiger partial charge on any atom is -0.480 e. The number of carbonyl (C=O) groups is 1. The third-order valence-corrected chi connectivity index (χ3v) is 2.98. The Morgan fingerprint density at radius 3 is 2.73 bits per heavy atom. The first kappa shape index (κ1) is 12.4. The largest absolute Gasteiger partial charge is 0.480 e. The molecule has 1 saturated heterocycles. The molecule has 2 unspecified atom stereocenters. The second kappa shape index (κ2) is 5.44. The molecule has 1 N–H and O–H groups in total. The first-order valence-electron chi connectivity index (χ1n) is 5.18. The van der Waals surface area contributed by atoms with E-state index < -0.39 is 12.0 Å². The van der Waals surface area contributed by atoms with Crippen molar-refractivity contribution in [3.63, 3.8) is 0 Å². The molecule has 0 spiro atoms. The van der Waals surface area contributed by atoms with Crippen LogP contribution < -0.4 is 0 Å². The number of hydrogen-bond acceptors (Lipinski definition) is 4. The molecule has 0 aromatic rings. The Labute approximate surface area is 90.6 Å². The van der Waals surface area contributed by atoms with Crippen LogP contribution in [0.4, 0.5) is 0 Å². The molecule has 88 valence electrons. The summed E-state index contributed by atoms with van der Waals surface area (Å²) in [6.45, 7) is 1.91. The zero-order valence-electron chi connectivity index (χ0n) is 9.64. The molecule has 0 radical (unpaired) electrons. The van der Waals surface area contributed by atoms with Gasteiger partial charge in [0.05, 0.1) is 6.61 Å². The van der Waals surface area contributed by atoms with Gasteiger partial charge in [0, 0.05) is 26.2 Å². The van der Waals surface area contributed by atoms with Gasteiger partial charge >= 0.3 is 5.97 Å². The van der Waals surface area contributed by atoms with Gasteiger partial charge in [0.25, 0.3) is 0 Å². The number of carboxylic acids is 1. The van der Waals surface area contributed by atoms with Crippen molar-refractivity contribution in [2.24, 2.45) is 0 Å². The van der Waals surface area contributed by atoms with E-state index in [-0.39, 0.29) is 6.61 Å². The molecule has 0 saturated carbocycles. The topological polar surface area (TPSA) is 53.0 Å². The number of methoxy groups -OCH3 is 1. The van der Waals surface area contributed by atoms with Gasteiger partial charge in [-0.05, 0) is 20.5 Å². The first-order chi connectivity index (χ1) is 7.06. The fourth-order valence-electron chi connectivity index (χ4n) is 1.96. The van der Waals surface area contributed by atoms with Gasteiger partial charge in [-0.25, -0.2) is 0 Å². The molecule has 15 heavy (non-hydrogen) atoms. The van der Waals surface area contributed by atoms with Gasteiger partial charge in [-0.3, -0.25) is 9.69 Å². The zero-order valence-corrected chi connectivity index (χ0v) is 9.64. The van der Waals surface area contributed by atoms with Crippen molar-refractivity contribution in [1.29, 1.82) is 0 Å². The molecule has 5 nitrogen and oxygen atoms in total. The summed E-state index contributed by atoms with van der Waals surface area (Å²) in [5, 5.41) is 9.05. The highest BCUT2D eigenvalue weighted by molar-refractivity contribution is 5.73. The lowest BCUT2D eigenvalue weighted by molar-refractivity contribution is -0.144. The van der Waals surface area contributed by atoms with Crippen molar-refractivity contribution < 1.29 is 14.6 Å². The standard InChI is InChI=1S/C10H20N2O3/c1-11(2)8-4-5-12(6-8)9(7-15-3)10(13)14/h8-9H,4-7H2,1-3H3,(H,13,14). The van der Waals surface area contributed by atoms with E-state index >= 15 is 0 Å². The smallest absolute Gasteiger partial charge is 0.323 e. The Morgan fingerprint density at radius 2 is 2.33 bits per heavy atom. The summed E-state index contributed by atoms with van der Waals surface area (Å²) in [5.74, 6) is -0.795. The Hall–Kier alpha value is -0.650. The van der Waals surface area contributed by atoms with E-state index in [4.69, 9.17) is 9.84 Å². The summed E-state index contributed by atoms with van der Waals surface area (Å²) in [5.41, 5.74) is 0. The molecule has 0 aliphatic carbocycles. The van der Waals surface area contributed by atoms with Gasteiger partial charge in [-0.1, -0.05) is 0 Å². The van der Waals surface area contributed by atoms with E-state index in [9.17, 15) is 4.79 Å². The van der Waals surface area contributed by atoms with Crippen LogP contribution in [0.25, 0.3) is 0 Å². The van der Waals surface area contributed by atoms with Crippen LogP contribution in [0.5, 0.6) is 0 Å². The maximum atomic E-state index is 11.0. The molecule has 0 bridgehead atoms. The summed E-state index contributed by atoms with van der Waals surface area (Å²) >= 11 is 0. The first-order valence-corrected chi connectivity index (χ1v) is 5.18. The van der Waals surface area contributed by atoms with Crippen LogP contribution in [0.1, 0.15) is 6.42 Å². The van der Waals surface area contributed by atoms with E-state index in [0.717, 1.165) is 19.5 Å². The molecule has 0 amide bonds. The van der Waals surface area contributed by atoms with E-state index in [2.05, 4.69) is 4.90 Å². The van der Waals surface area contributed by atoms with Crippen molar-refractivity contribution >= 4 is 5.97 Å². The quantitative estimate of drug-likeness (QED) is 0.685. The molecule has 5 heteroatoms. The van der Waals surface area contributed by atoms with Gasteiger partial charge in [-0.2, -0.15) is 0 Å². The van der Waals surface area contributed by atoms with Gasteiger partial charge in [0.15, 0.2) is 0 Å². The average molecular weight is 216 g/mol. The Balaban J connectivity index is 2.52. The summed E-state index contributed by atoms with van der Waals surface area (Å²) in [4.78, 5) is 15.1. The predicted octanol–water partition coefficient (Wildman–Crippen LogP) is -0.278. The number of likely N-dealkylation sites (N-methyl/N-ethyl adjacent to an activating group) is 1. The fourth-order valence-corrected chi connectivity index (χ4v) is 1.96. The molecule has 1 heterocycles. The fraction of sp³-hybridized carbons (Fsp3) is 0.900. The highest BCUT2D eigenvalue weighted by Crippen LogP contribution is 2.16. The molecular weight excluding hydrogens is 196 g/mol. The molecule has 0 aromatic carbocycles. The second-order valence-electron chi connectivity index (χ2n) is 4.21. The van der Waals surface area contributed by atoms with Crippen LogP contribution in [-0.4, -0.2) is 73.9 Å². The van der Waals surface area contributed by atoms with Crippen LogP contribution >= 0.6 is 0 Å². The maximum Gasteiger partial charge on any atom is 0.323 e. The monoisotopic (exact) mass is 216 g/mol. The number of ether oxygens (including phenoxy) is 1. The molecular formula is C10H20N2O3. The molecule has 1 fully saturated rings. The molecule has 1 aliphatic heterocycles. The Kier molecular flexibility index (Phi) is 4.50. The Bertz CT molecular complexity index is 221. The number of rotatable bonds is 5. The lowest BCUT2D eigenvalue weighted by Gasteiger charge is -2.25. The van der Waals surface area contributed by atoms with Gasteiger partial charge in [-0.15, -0.1) is 0 Å². The summed E-state index contributed by atoms with van der Waals surface area (Å²) in [7, 11) is 5.59. The number of likely N-dealkylation sites (tertiary alicyclic amines) is 1. The van der Waals surface area contributed by atoms with Crippen molar-refractivity contribution in [3.8, 4) is 0 Å². The number of hydrogen-bond donors (Lipinski definition) is 1. The van der Waals surface area contributed by atoms with E-state index in [1.54, 1.807) is 0 Å². The van der Waals surface area contributed by atoms with Crippen molar-refractivity contribution in [2.45, 2.75) is 18.5 Å². The van der Waals surface area contributed by atoms with Crippen molar-refractivity contribution in [2.75, 3.05) is 40.9 Å². The van der Waals surface area contributed by atoms with Gasteiger partial charge in [0.2, 0.25) is 0 Å². The molecule has 1 aliphatic rings. The average Bonchev–Trinajstić information content (AvgIpc) is 2.62. The maximum absolute atomic E-state index is 11.0. The predicted molar refractivity (Wildman–Crippen MR) is 57.0 cm³/mol. The zero-order chi connectivity index (χ0) is 11.4. The van der Waals surface area contributed by atoms with E-state index in [1.807, 2.05) is 19.0 Å². The van der Waals surface area contributed by atoms with Gasteiger partial charge < -0.3 is 14.7 Å². The SMILES string of the molecule is COCC(C(=O)O)N1CCC(N(C)C)C1. The van der Waals surface area contributed by atoms with Gasteiger partial charge in [0.1, 0.15) is 6.04 Å². The van der Waals surface area contributed by atoms with E-state index in [1.165, 1.54) is 7.11 Å². The Morgan fingerprint density at radius 1 is 1.67 bits per heavy atom. The molecule has 1 rings (SSSR count). The lowest BCUT2D eigenvalue weighted by atomic mass is 10.2. The highest BCUT2D eigenvalue weighted by atomic mass is 16.5. The van der Waals surface area contributed by atoms with E-state index in [0.29, 0.717) is 6.04 Å². The summed E-state index contributed by atoms with van der Waals surface area (Å²) < 4.78 is 4.94. The number of aliphatic carboxylic acids is 1. The van der Waals surface area contributed by atoms with Crippen LogP contribution in [0.3, 0.4) is 0 Å². The number of carboxylic acid groups (broad SMARTS) is 1. The second-order valence-corrected chi connectivity index (χ2v) is 4.21. The van der Waals surface area contributed by atoms with Crippen molar-refractivity contribution in [1.82, 2.24) is 9.80 Å². The van der Waals surface area contributed by atoms with Crippen LogP contribution in [0.15, 0.2) is 0 Å². The minimum atomic E-state index is -0.795. The summed E-state index contributed by atoms with van der Waals surface area (Å²) in [6, 6.07) is -0.0383. The molecule has 0 aromatic heterocycles. The van der Waals surface area contributed by atoms with Crippen LogP contribution in [0, 0.1) is 0 Å². The highest BCUT2D eigenvalue weighted by Gasteiger charge is 2.32. The van der Waals surface area contributed by atoms with Crippen LogP contribution in [-0.2, 0) is 9.53 Å². The van der Waals surface area contributed by atoms with Crippen molar-refractivity contribution in [3.05, 3.63) is 0 Å². The lowest BCUT2D eigenvalue weighted by Crippen LogP contribution is -2.44. The van der Waals surface area contributed by atoms with Crippen LogP contribution in [0.2, 0.25) is 0 Å². The minimum absolute atomic E-state index is 0.259. The number of nitrogens with zero attached hydrogens (tertiary/aromatic N) is 2. The summed E-state index contributed by atoms with van der Waals surface area (Å²) in [6.07, 6.45) is 1.03. The normalized spacial score (nSPS) is 24.7. The third-order valence-electron chi connectivity index (χ3n) is 2.98. The molecule has 2 atom stereocenters. The third kappa shape index (κ3) is 3.15.